The van der Waals surface area contributed by atoms with Crippen LogP contribution in [0.1, 0.15) is 22.5 Å². The first-order chi connectivity index (χ1) is 11.4. The first-order valence-corrected chi connectivity index (χ1v) is 9.73. The fraction of sp³-hybridized carbons (Fsp3) is 0.571. The molecular weight excluding hydrogens is 356 g/mol. The highest BCUT2D eigenvalue weighted by Crippen LogP contribution is 2.23. The number of nitrogens with one attached hydrogen (secondary N) is 1. The number of likely N-dealkylation sites (tertiary alicyclic amines) is 1. The van der Waals surface area contributed by atoms with Crippen molar-refractivity contribution in [2.75, 3.05) is 33.9 Å². The third-order valence-electron chi connectivity index (χ3n) is 3.90. The van der Waals surface area contributed by atoms with Crippen molar-refractivity contribution < 1.29 is 27.5 Å². The number of amides is 1. The van der Waals surface area contributed by atoms with E-state index in [1.807, 2.05) is 0 Å². The molecule has 1 N–H and O–H groups in total. The van der Waals surface area contributed by atoms with Crippen molar-refractivity contribution in [3.05, 3.63) is 16.3 Å². The van der Waals surface area contributed by atoms with Crippen LogP contribution in [-0.4, -0.2) is 59.2 Å². The lowest BCUT2D eigenvalue weighted by Gasteiger charge is -2.30. The Morgan fingerprint density at radius 2 is 1.96 bits per heavy atom. The van der Waals surface area contributed by atoms with Crippen LogP contribution >= 0.6 is 11.3 Å². The van der Waals surface area contributed by atoms with E-state index in [9.17, 15) is 18.0 Å². The van der Waals surface area contributed by atoms with Crippen LogP contribution in [0.25, 0.3) is 0 Å². The summed E-state index contributed by atoms with van der Waals surface area (Å²) in [6.45, 7) is 1.32. The van der Waals surface area contributed by atoms with Gasteiger partial charge in [0, 0.05) is 19.6 Å². The predicted octanol–water partition coefficient (Wildman–Crippen LogP) is 1.29. The molecule has 0 atom stereocenters. The highest BCUT2D eigenvalue weighted by Gasteiger charge is 2.27. The van der Waals surface area contributed by atoms with E-state index in [4.69, 9.17) is 0 Å². The second kappa shape index (κ2) is 7.95. The molecule has 1 saturated heterocycles. The summed E-state index contributed by atoms with van der Waals surface area (Å²) in [6.07, 6.45) is 1.01. The number of sulfonamides is 1. The molecule has 1 aliphatic rings. The van der Waals surface area contributed by atoms with E-state index >= 15 is 0 Å². The number of esters is 1. The molecular formula is C14H20N2O6S2. The Balaban J connectivity index is 1.94. The maximum atomic E-state index is 12.4. The molecule has 0 unspecified atom stereocenters. The molecule has 2 heterocycles. The van der Waals surface area contributed by atoms with E-state index in [2.05, 4.69) is 14.2 Å². The monoisotopic (exact) mass is 376 g/mol. The van der Waals surface area contributed by atoms with Crippen LogP contribution in [0.5, 0.6) is 0 Å². The normalized spacial score (nSPS) is 16.0. The van der Waals surface area contributed by atoms with Gasteiger partial charge in [-0.2, -0.15) is 0 Å². The molecule has 134 valence electrons. The molecule has 1 fully saturated rings. The molecule has 10 heteroatoms. The fourth-order valence-electron chi connectivity index (χ4n) is 2.50. The SMILES string of the molecule is COC(=O)c1sccc1S(=O)(=O)NCC1CCN(C(=O)OC)CC1. The minimum absolute atomic E-state index is 0.0607. The number of hydrogen-bond donors (Lipinski definition) is 1. The summed E-state index contributed by atoms with van der Waals surface area (Å²) >= 11 is 1.02. The summed E-state index contributed by atoms with van der Waals surface area (Å²) in [7, 11) is -1.24. The van der Waals surface area contributed by atoms with Gasteiger partial charge < -0.3 is 14.4 Å². The number of carbonyl (C=O) groups excluding carboxylic acids is 2. The number of nitrogens with zero attached hydrogens (tertiary/aromatic N) is 1. The Kier molecular flexibility index (Phi) is 6.19. The van der Waals surface area contributed by atoms with Crippen LogP contribution in [0.4, 0.5) is 4.79 Å². The van der Waals surface area contributed by atoms with E-state index in [0.29, 0.717) is 25.9 Å². The van der Waals surface area contributed by atoms with Gasteiger partial charge in [0.2, 0.25) is 10.0 Å². The van der Waals surface area contributed by atoms with Gasteiger partial charge in [-0.15, -0.1) is 11.3 Å². The van der Waals surface area contributed by atoms with E-state index in [0.717, 1.165) is 11.3 Å². The minimum Gasteiger partial charge on any atom is -0.465 e. The maximum absolute atomic E-state index is 12.4. The van der Waals surface area contributed by atoms with Crippen LogP contribution in [-0.2, 0) is 19.5 Å². The molecule has 0 bridgehead atoms. The Hall–Kier alpha value is -1.65. The quantitative estimate of drug-likeness (QED) is 0.777. The third-order valence-corrected chi connectivity index (χ3v) is 6.39. The first-order valence-electron chi connectivity index (χ1n) is 7.37. The lowest BCUT2D eigenvalue weighted by Crippen LogP contribution is -2.41. The molecule has 1 aromatic heterocycles. The topological polar surface area (TPSA) is 102 Å². The first kappa shape index (κ1) is 18.7. The molecule has 1 aromatic rings. The van der Waals surface area contributed by atoms with Gasteiger partial charge >= 0.3 is 12.1 Å². The Labute approximate surface area is 144 Å². The van der Waals surface area contributed by atoms with E-state index in [1.165, 1.54) is 25.7 Å². The largest absolute Gasteiger partial charge is 0.465 e. The lowest BCUT2D eigenvalue weighted by molar-refractivity contribution is 0.0602. The zero-order valence-corrected chi connectivity index (χ0v) is 15.1. The minimum atomic E-state index is -3.78. The van der Waals surface area contributed by atoms with Gasteiger partial charge in [-0.3, -0.25) is 0 Å². The van der Waals surface area contributed by atoms with Crippen molar-refractivity contribution in [1.82, 2.24) is 9.62 Å². The van der Waals surface area contributed by atoms with Crippen LogP contribution in [0.15, 0.2) is 16.3 Å². The molecule has 1 amide bonds. The summed E-state index contributed by atoms with van der Waals surface area (Å²) in [6, 6.07) is 1.39. The van der Waals surface area contributed by atoms with Crippen LogP contribution < -0.4 is 4.72 Å². The van der Waals surface area contributed by atoms with Crippen molar-refractivity contribution in [2.24, 2.45) is 5.92 Å². The molecule has 0 aromatic carbocycles. The van der Waals surface area contributed by atoms with E-state index < -0.39 is 16.0 Å². The number of thiophene rings is 1. The summed E-state index contributed by atoms with van der Waals surface area (Å²) in [5, 5.41) is 1.54. The van der Waals surface area contributed by atoms with Crippen LogP contribution in [0, 0.1) is 5.92 Å². The highest BCUT2D eigenvalue weighted by molar-refractivity contribution is 7.89. The summed E-state index contributed by atoms with van der Waals surface area (Å²) in [5.74, 6) is -0.544. The van der Waals surface area contributed by atoms with Gasteiger partial charge in [0.05, 0.1) is 14.2 Å². The number of piperidine rings is 1. The number of carbonyl (C=O) groups is 2. The van der Waals surface area contributed by atoms with Gasteiger partial charge in [0.15, 0.2) is 0 Å². The zero-order valence-electron chi connectivity index (χ0n) is 13.5. The molecule has 0 spiro atoms. The lowest BCUT2D eigenvalue weighted by atomic mass is 9.97. The van der Waals surface area contributed by atoms with Crippen molar-refractivity contribution in [1.29, 1.82) is 0 Å². The molecule has 0 radical (unpaired) electrons. The van der Waals surface area contributed by atoms with Gasteiger partial charge in [-0.1, -0.05) is 0 Å². The summed E-state index contributed by atoms with van der Waals surface area (Å²) in [4.78, 5) is 24.6. The van der Waals surface area contributed by atoms with Crippen molar-refractivity contribution in [3.63, 3.8) is 0 Å². The van der Waals surface area contributed by atoms with Gasteiger partial charge in [-0.25, -0.2) is 22.7 Å². The number of methoxy groups -OCH3 is 2. The number of rotatable bonds is 5. The predicted molar refractivity (Wildman–Crippen MR) is 87.5 cm³/mol. The van der Waals surface area contributed by atoms with Crippen LogP contribution in [0.2, 0.25) is 0 Å². The molecule has 24 heavy (non-hydrogen) atoms. The van der Waals surface area contributed by atoms with Gasteiger partial charge in [0.1, 0.15) is 9.77 Å². The standard InChI is InChI=1S/C14H20N2O6S2/c1-21-13(17)12-11(5-8-23-12)24(19,20)15-9-10-3-6-16(7-4-10)14(18)22-2/h5,8,10,15H,3-4,6-7,9H2,1-2H3. The molecule has 1 aliphatic heterocycles. The van der Waals surface area contributed by atoms with Crippen molar-refractivity contribution in [2.45, 2.75) is 17.7 Å². The highest BCUT2D eigenvalue weighted by atomic mass is 32.2. The van der Waals surface area contributed by atoms with E-state index in [-0.39, 0.29) is 28.3 Å². The molecule has 0 aliphatic carbocycles. The van der Waals surface area contributed by atoms with Crippen LogP contribution in [0.3, 0.4) is 0 Å². The molecule has 0 saturated carbocycles. The zero-order chi connectivity index (χ0) is 17.7. The third kappa shape index (κ3) is 4.25. The average molecular weight is 376 g/mol. The Bertz CT molecular complexity index is 692. The molecule has 8 nitrogen and oxygen atoms in total. The van der Waals surface area contributed by atoms with E-state index in [1.54, 1.807) is 4.90 Å². The fourth-order valence-corrected chi connectivity index (χ4v) is 4.95. The smallest absolute Gasteiger partial charge is 0.409 e. The Morgan fingerprint density at radius 1 is 1.29 bits per heavy atom. The van der Waals surface area contributed by atoms with Gasteiger partial charge in [0.25, 0.3) is 0 Å². The summed E-state index contributed by atoms with van der Waals surface area (Å²) < 4.78 is 36.6. The number of ether oxygens (including phenoxy) is 2. The average Bonchev–Trinajstić information content (AvgIpc) is 3.10. The Morgan fingerprint density at radius 3 is 2.54 bits per heavy atom. The van der Waals surface area contributed by atoms with Crippen molar-refractivity contribution in [3.8, 4) is 0 Å². The summed E-state index contributed by atoms with van der Waals surface area (Å²) in [5.41, 5.74) is 0. The van der Waals surface area contributed by atoms with Crippen molar-refractivity contribution >= 4 is 33.4 Å². The second-order valence-electron chi connectivity index (χ2n) is 5.36. The molecule has 2 rings (SSSR count). The van der Waals surface area contributed by atoms with Gasteiger partial charge in [-0.05, 0) is 30.2 Å². The second-order valence-corrected chi connectivity index (χ2v) is 8.01. The maximum Gasteiger partial charge on any atom is 0.409 e. The number of hydrogen-bond acceptors (Lipinski definition) is 7.